The van der Waals surface area contributed by atoms with Crippen molar-refractivity contribution in [3.8, 4) is 5.75 Å². The summed E-state index contributed by atoms with van der Waals surface area (Å²) in [6.07, 6.45) is 0. The molecule has 0 saturated carbocycles. The predicted octanol–water partition coefficient (Wildman–Crippen LogP) is 0.539. The molecule has 1 aliphatic rings. The predicted molar refractivity (Wildman–Crippen MR) is 81.4 cm³/mol. The molecule has 0 spiro atoms. The normalized spacial score (nSPS) is 21.5. The topological polar surface area (TPSA) is 76.8 Å². The van der Waals surface area contributed by atoms with Gasteiger partial charge in [0.25, 0.3) is 0 Å². The maximum Gasteiger partial charge on any atom is 0.231 e. The summed E-state index contributed by atoms with van der Waals surface area (Å²) < 4.78 is 10.9. The fraction of sp³-hybridized carbons (Fsp3) is 0.533. The van der Waals surface area contributed by atoms with E-state index in [0.29, 0.717) is 25.5 Å². The lowest BCUT2D eigenvalue weighted by molar-refractivity contribution is -0.120. The maximum absolute atomic E-state index is 12.1. The van der Waals surface area contributed by atoms with Gasteiger partial charge in [0.05, 0.1) is 19.1 Å². The minimum absolute atomic E-state index is 0.106. The highest BCUT2D eigenvalue weighted by Gasteiger charge is 2.31. The Morgan fingerprint density at radius 1 is 1.48 bits per heavy atom. The standard InChI is InChI=1S/C15H23N3O3/c1-18(2)6-7-21-12-5-3-4-11(8-12)17-15(19)13-9-20-10-14(13)16/h3-5,8,13-14H,6-7,9-10,16H2,1-2H3,(H,17,19). The van der Waals surface area contributed by atoms with Gasteiger partial charge in [0.15, 0.2) is 0 Å². The molecule has 0 radical (unpaired) electrons. The second-order valence-corrected chi connectivity index (χ2v) is 5.48. The van der Waals surface area contributed by atoms with E-state index in [-0.39, 0.29) is 17.9 Å². The van der Waals surface area contributed by atoms with Gasteiger partial charge < -0.3 is 25.4 Å². The average molecular weight is 293 g/mol. The van der Waals surface area contributed by atoms with E-state index in [0.717, 1.165) is 12.3 Å². The Morgan fingerprint density at radius 3 is 2.95 bits per heavy atom. The molecule has 2 atom stereocenters. The number of nitrogens with zero attached hydrogens (tertiary/aromatic N) is 1. The molecule has 6 nitrogen and oxygen atoms in total. The molecule has 21 heavy (non-hydrogen) atoms. The van der Waals surface area contributed by atoms with Crippen LogP contribution in [0, 0.1) is 5.92 Å². The van der Waals surface area contributed by atoms with Gasteiger partial charge in [-0.2, -0.15) is 0 Å². The number of hydrogen-bond acceptors (Lipinski definition) is 5. The molecule has 2 unspecified atom stereocenters. The van der Waals surface area contributed by atoms with Crippen molar-refractivity contribution < 1.29 is 14.3 Å². The van der Waals surface area contributed by atoms with Gasteiger partial charge in [0, 0.05) is 24.3 Å². The summed E-state index contributed by atoms with van der Waals surface area (Å²) in [4.78, 5) is 14.2. The molecular formula is C15H23N3O3. The minimum Gasteiger partial charge on any atom is -0.492 e. The number of nitrogens with one attached hydrogen (secondary N) is 1. The van der Waals surface area contributed by atoms with Crippen LogP contribution in [0.2, 0.25) is 0 Å². The summed E-state index contributed by atoms with van der Waals surface area (Å²) in [7, 11) is 3.99. The molecular weight excluding hydrogens is 270 g/mol. The van der Waals surface area contributed by atoms with Gasteiger partial charge in [-0.25, -0.2) is 0 Å². The highest BCUT2D eigenvalue weighted by atomic mass is 16.5. The van der Waals surface area contributed by atoms with Crippen LogP contribution in [-0.2, 0) is 9.53 Å². The first-order chi connectivity index (χ1) is 10.1. The molecule has 1 heterocycles. The number of likely N-dealkylation sites (N-methyl/N-ethyl adjacent to an activating group) is 1. The molecule has 3 N–H and O–H groups in total. The van der Waals surface area contributed by atoms with Crippen molar-refractivity contribution >= 4 is 11.6 Å². The van der Waals surface area contributed by atoms with E-state index in [2.05, 4.69) is 5.32 Å². The van der Waals surface area contributed by atoms with Gasteiger partial charge in [-0.05, 0) is 26.2 Å². The van der Waals surface area contributed by atoms with Crippen LogP contribution in [-0.4, -0.2) is 57.3 Å². The second kappa shape index (κ2) is 7.40. The highest BCUT2D eigenvalue weighted by molar-refractivity contribution is 5.93. The van der Waals surface area contributed by atoms with E-state index in [1.54, 1.807) is 0 Å². The lowest BCUT2D eigenvalue weighted by atomic mass is 10.0. The van der Waals surface area contributed by atoms with Crippen molar-refractivity contribution in [3.63, 3.8) is 0 Å². The molecule has 1 aromatic carbocycles. The van der Waals surface area contributed by atoms with Crippen molar-refractivity contribution in [2.24, 2.45) is 11.7 Å². The molecule has 0 aliphatic carbocycles. The Balaban J connectivity index is 1.89. The van der Waals surface area contributed by atoms with Crippen molar-refractivity contribution in [3.05, 3.63) is 24.3 Å². The number of carbonyl (C=O) groups is 1. The van der Waals surface area contributed by atoms with Crippen LogP contribution >= 0.6 is 0 Å². The van der Waals surface area contributed by atoms with E-state index in [9.17, 15) is 4.79 Å². The number of benzene rings is 1. The Kier molecular flexibility index (Phi) is 5.55. The summed E-state index contributed by atoms with van der Waals surface area (Å²) in [6, 6.07) is 7.14. The number of ether oxygens (including phenoxy) is 2. The molecule has 1 aliphatic heterocycles. The van der Waals surface area contributed by atoms with E-state index in [1.165, 1.54) is 0 Å². The highest BCUT2D eigenvalue weighted by Crippen LogP contribution is 2.19. The Hall–Kier alpha value is -1.63. The maximum atomic E-state index is 12.1. The average Bonchev–Trinajstić information content (AvgIpc) is 2.85. The van der Waals surface area contributed by atoms with Gasteiger partial charge in [0.2, 0.25) is 5.91 Å². The van der Waals surface area contributed by atoms with Crippen LogP contribution in [0.3, 0.4) is 0 Å². The van der Waals surface area contributed by atoms with Crippen LogP contribution in [0.15, 0.2) is 24.3 Å². The number of hydrogen-bond donors (Lipinski definition) is 2. The summed E-state index contributed by atoms with van der Waals surface area (Å²) >= 11 is 0. The molecule has 116 valence electrons. The Morgan fingerprint density at radius 2 is 2.29 bits per heavy atom. The first-order valence-corrected chi connectivity index (χ1v) is 7.08. The summed E-state index contributed by atoms with van der Waals surface area (Å²) in [5.41, 5.74) is 6.55. The lowest BCUT2D eigenvalue weighted by Crippen LogP contribution is -2.37. The van der Waals surface area contributed by atoms with Gasteiger partial charge in [-0.1, -0.05) is 6.07 Å². The van der Waals surface area contributed by atoms with Crippen molar-refractivity contribution in [2.75, 3.05) is 45.8 Å². The Labute approximate surface area is 125 Å². The van der Waals surface area contributed by atoms with Crippen molar-refractivity contribution in [1.29, 1.82) is 0 Å². The first-order valence-electron chi connectivity index (χ1n) is 7.08. The van der Waals surface area contributed by atoms with Crippen LogP contribution in [0.25, 0.3) is 0 Å². The smallest absolute Gasteiger partial charge is 0.231 e. The molecule has 6 heteroatoms. The summed E-state index contributed by atoms with van der Waals surface area (Å²) in [5.74, 6) is 0.343. The number of carbonyl (C=O) groups excluding carboxylic acids is 1. The van der Waals surface area contributed by atoms with E-state index in [1.807, 2.05) is 43.3 Å². The number of nitrogens with two attached hydrogens (primary N) is 1. The van der Waals surface area contributed by atoms with Gasteiger partial charge in [-0.15, -0.1) is 0 Å². The largest absolute Gasteiger partial charge is 0.492 e. The third-order valence-corrected chi connectivity index (χ3v) is 3.37. The first kappa shape index (κ1) is 15.8. The molecule has 0 aromatic heterocycles. The number of anilines is 1. The minimum atomic E-state index is -0.289. The second-order valence-electron chi connectivity index (χ2n) is 5.48. The zero-order valence-corrected chi connectivity index (χ0v) is 12.5. The van der Waals surface area contributed by atoms with Gasteiger partial charge >= 0.3 is 0 Å². The van der Waals surface area contributed by atoms with Crippen LogP contribution < -0.4 is 15.8 Å². The lowest BCUT2D eigenvalue weighted by Gasteiger charge is -2.14. The van der Waals surface area contributed by atoms with E-state index < -0.39 is 0 Å². The Bertz CT molecular complexity index is 479. The summed E-state index contributed by atoms with van der Waals surface area (Å²) in [6.45, 7) is 2.26. The van der Waals surface area contributed by atoms with Gasteiger partial charge in [-0.3, -0.25) is 4.79 Å². The fourth-order valence-corrected chi connectivity index (χ4v) is 2.09. The van der Waals surface area contributed by atoms with Crippen molar-refractivity contribution in [2.45, 2.75) is 6.04 Å². The third-order valence-electron chi connectivity index (χ3n) is 3.37. The summed E-state index contributed by atoms with van der Waals surface area (Å²) in [5, 5.41) is 2.86. The van der Waals surface area contributed by atoms with Gasteiger partial charge in [0.1, 0.15) is 12.4 Å². The van der Waals surface area contributed by atoms with Crippen LogP contribution in [0.5, 0.6) is 5.75 Å². The molecule has 1 saturated heterocycles. The van der Waals surface area contributed by atoms with Crippen LogP contribution in [0.1, 0.15) is 0 Å². The number of rotatable bonds is 6. The molecule has 1 fully saturated rings. The zero-order chi connectivity index (χ0) is 15.2. The third kappa shape index (κ3) is 4.70. The molecule has 1 aromatic rings. The molecule has 0 bridgehead atoms. The number of amides is 1. The molecule has 2 rings (SSSR count). The zero-order valence-electron chi connectivity index (χ0n) is 12.5. The monoisotopic (exact) mass is 293 g/mol. The fourth-order valence-electron chi connectivity index (χ4n) is 2.09. The molecule has 1 amide bonds. The van der Waals surface area contributed by atoms with Crippen LogP contribution in [0.4, 0.5) is 5.69 Å². The quantitative estimate of drug-likeness (QED) is 0.800. The van der Waals surface area contributed by atoms with E-state index >= 15 is 0 Å². The van der Waals surface area contributed by atoms with E-state index in [4.69, 9.17) is 15.2 Å². The SMILES string of the molecule is CN(C)CCOc1cccc(NC(=O)C2COCC2N)c1. The van der Waals surface area contributed by atoms with Crippen molar-refractivity contribution in [1.82, 2.24) is 4.90 Å².